The van der Waals surface area contributed by atoms with Crippen LogP contribution in [-0.2, 0) is 11.2 Å². The number of allylic oxidation sites excluding steroid dienone is 1. The first-order chi connectivity index (χ1) is 8.06. The van der Waals surface area contributed by atoms with Crippen molar-refractivity contribution in [1.82, 2.24) is 0 Å². The van der Waals surface area contributed by atoms with Crippen molar-refractivity contribution in [2.75, 3.05) is 0 Å². The monoisotopic (exact) mass is 270 g/mol. The molecule has 0 unspecified atom stereocenters. The Balaban J connectivity index is 2.17. The molecule has 0 saturated heterocycles. The minimum absolute atomic E-state index is 0.431. The molecule has 0 bridgehead atoms. The summed E-state index contributed by atoms with van der Waals surface area (Å²) in [6, 6.07) is 5.42. The standard InChI is InChI=1S/C13H12Cl2O2/c14-11-4-1-8(6-12(11)15)5-10(7-13(16)17)9-2-3-9/h1,4,6-7,9H,2-3,5H2,(H,16,17)/b10-7-. The summed E-state index contributed by atoms with van der Waals surface area (Å²) < 4.78 is 0. The topological polar surface area (TPSA) is 37.3 Å². The van der Waals surface area contributed by atoms with Gasteiger partial charge in [-0.05, 0) is 42.9 Å². The molecule has 1 aromatic rings. The lowest BCUT2D eigenvalue weighted by atomic mass is 10.0. The van der Waals surface area contributed by atoms with Crippen molar-refractivity contribution < 1.29 is 9.90 Å². The van der Waals surface area contributed by atoms with E-state index in [2.05, 4.69) is 0 Å². The third kappa shape index (κ3) is 3.48. The average molecular weight is 271 g/mol. The van der Waals surface area contributed by atoms with E-state index in [1.165, 1.54) is 6.08 Å². The summed E-state index contributed by atoms with van der Waals surface area (Å²) in [7, 11) is 0. The SMILES string of the molecule is O=C(O)/C=C(/Cc1ccc(Cl)c(Cl)c1)C1CC1. The van der Waals surface area contributed by atoms with Crippen LogP contribution in [-0.4, -0.2) is 11.1 Å². The van der Waals surface area contributed by atoms with E-state index in [0.29, 0.717) is 22.4 Å². The van der Waals surface area contributed by atoms with Gasteiger partial charge in [0, 0.05) is 6.08 Å². The molecule has 2 rings (SSSR count). The van der Waals surface area contributed by atoms with Crippen molar-refractivity contribution in [3.8, 4) is 0 Å². The quantitative estimate of drug-likeness (QED) is 0.841. The number of carboxylic acid groups (broad SMARTS) is 1. The molecule has 1 fully saturated rings. The van der Waals surface area contributed by atoms with Crippen LogP contribution >= 0.6 is 23.2 Å². The van der Waals surface area contributed by atoms with Crippen molar-refractivity contribution in [2.45, 2.75) is 19.3 Å². The molecule has 0 aliphatic heterocycles. The average Bonchev–Trinajstić information content (AvgIpc) is 3.05. The minimum atomic E-state index is -0.882. The molecule has 0 spiro atoms. The van der Waals surface area contributed by atoms with Gasteiger partial charge in [0.2, 0.25) is 0 Å². The van der Waals surface area contributed by atoms with Crippen LogP contribution in [0.25, 0.3) is 0 Å². The summed E-state index contributed by atoms with van der Waals surface area (Å²) in [4.78, 5) is 10.7. The van der Waals surface area contributed by atoms with Crippen LogP contribution in [0.2, 0.25) is 10.0 Å². The molecular weight excluding hydrogens is 259 g/mol. The van der Waals surface area contributed by atoms with Gasteiger partial charge in [0.15, 0.2) is 0 Å². The summed E-state index contributed by atoms with van der Waals surface area (Å²) in [6.07, 6.45) is 4.12. The van der Waals surface area contributed by atoms with E-state index >= 15 is 0 Å². The number of hydrogen-bond acceptors (Lipinski definition) is 1. The number of aliphatic carboxylic acids is 1. The number of carboxylic acids is 1. The van der Waals surface area contributed by atoms with Gasteiger partial charge in [-0.15, -0.1) is 0 Å². The third-order valence-electron chi connectivity index (χ3n) is 2.80. The molecule has 0 heterocycles. The molecule has 0 amide bonds. The highest BCUT2D eigenvalue weighted by Crippen LogP contribution is 2.38. The fourth-order valence-corrected chi connectivity index (χ4v) is 2.13. The highest BCUT2D eigenvalue weighted by atomic mass is 35.5. The molecule has 0 radical (unpaired) electrons. The second-order valence-corrected chi connectivity index (χ2v) is 5.07. The zero-order chi connectivity index (χ0) is 12.4. The summed E-state index contributed by atoms with van der Waals surface area (Å²) in [6.45, 7) is 0. The number of carbonyl (C=O) groups is 1. The number of benzene rings is 1. The van der Waals surface area contributed by atoms with Gasteiger partial charge in [-0.3, -0.25) is 0 Å². The number of rotatable bonds is 4. The molecule has 0 aromatic heterocycles. The molecule has 90 valence electrons. The summed E-state index contributed by atoms with van der Waals surface area (Å²) in [5, 5.41) is 9.84. The molecule has 0 atom stereocenters. The van der Waals surface area contributed by atoms with E-state index in [-0.39, 0.29) is 0 Å². The second kappa shape index (κ2) is 5.11. The van der Waals surface area contributed by atoms with Crippen LogP contribution in [0.1, 0.15) is 18.4 Å². The van der Waals surface area contributed by atoms with Crippen LogP contribution in [0, 0.1) is 5.92 Å². The Hall–Kier alpha value is -0.990. The van der Waals surface area contributed by atoms with Gasteiger partial charge in [0.1, 0.15) is 0 Å². The first-order valence-corrected chi connectivity index (χ1v) is 6.19. The van der Waals surface area contributed by atoms with E-state index in [4.69, 9.17) is 28.3 Å². The third-order valence-corrected chi connectivity index (χ3v) is 3.54. The predicted octanol–water partition coefficient (Wildman–Crippen LogP) is 3.96. The Labute approximate surface area is 110 Å². The van der Waals surface area contributed by atoms with Gasteiger partial charge in [-0.2, -0.15) is 0 Å². The first kappa shape index (κ1) is 12.5. The van der Waals surface area contributed by atoms with Gasteiger partial charge >= 0.3 is 5.97 Å². The smallest absolute Gasteiger partial charge is 0.328 e. The summed E-state index contributed by atoms with van der Waals surface area (Å²) >= 11 is 11.8. The highest BCUT2D eigenvalue weighted by molar-refractivity contribution is 6.42. The van der Waals surface area contributed by atoms with Crippen LogP contribution < -0.4 is 0 Å². The Morgan fingerprint density at radius 2 is 2.06 bits per heavy atom. The Kier molecular flexibility index (Phi) is 3.75. The maximum Gasteiger partial charge on any atom is 0.328 e. The van der Waals surface area contributed by atoms with Crippen molar-refractivity contribution in [1.29, 1.82) is 0 Å². The zero-order valence-corrected chi connectivity index (χ0v) is 10.6. The number of halogens is 2. The van der Waals surface area contributed by atoms with Crippen LogP contribution in [0.4, 0.5) is 0 Å². The summed E-state index contributed by atoms with van der Waals surface area (Å²) in [5.74, 6) is -0.451. The lowest BCUT2D eigenvalue weighted by Crippen LogP contribution is -1.98. The minimum Gasteiger partial charge on any atom is -0.478 e. The van der Waals surface area contributed by atoms with Crippen molar-refractivity contribution in [2.24, 2.45) is 5.92 Å². The van der Waals surface area contributed by atoms with E-state index in [0.717, 1.165) is 24.0 Å². The van der Waals surface area contributed by atoms with Crippen LogP contribution in [0.15, 0.2) is 29.8 Å². The lowest BCUT2D eigenvalue weighted by Gasteiger charge is -2.06. The first-order valence-electron chi connectivity index (χ1n) is 5.43. The van der Waals surface area contributed by atoms with E-state index < -0.39 is 5.97 Å². The number of hydrogen-bond donors (Lipinski definition) is 1. The van der Waals surface area contributed by atoms with Crippen molar-refractivity contribution in [3.63, 3.8) is 0 Å². The molecule has 2 nitrogen and oxygen atoms in total. The van der Waals surface area contributed by atoms with Crippen molar-refractivity contribution in [3.05, 3.63) is 45.5 Å². The maximum atomic E-state index is 10.7. The molecule has 4 heteroatoms. The van der Waals surface area contributed by atoms with Crippen molar-refractivity contribution >= 4 is 29.2 Å². The molecule has 1 saturated carbocycles. The highest BCUT2D eigenvalue weighted by Gasteiger charge is 2.26. The van der Waals surface area contributed by atoms with Gasteiger partial charge in [-0.25, -0.2) is 4.79 Å². The normalized spacial score (nSPS) is 16.0. The molecule has 17 heavy (non-hydrogen) atoms. The van der Waals surface area contributed by atoms with Gasteiger partial charge in [-0.1, -0.05) is 34.8 Å². The van der Waals surface area contributed by atoms with Gasteiger partial charge in [0.25, 0.3) is 0 Å². The van der Waals surface area contributed by atoms with E-state index in [9.17, 15) is 4.79 Å². The maximum absolute atomic E-state index is 10.7. The largest absolute Gasteiger partial charge is 0.478 e. The Morgan fingerprint density at radius 1 is 1.35 bits per heavy atom. The van der Waals surface area contributed by atoms with Crippen LogP contribution in [0.5, 0.6) is 0 Å². The zero-order valence-electron chi connectivity index (χ0n) is 9.12. The van der Waals surface area contributed by atoms with Gasteiger partial charge in [0.05, 0.1) is 10.0 Å². The fourth-order valence-electron chi connectivity index (χ4n) is 1.81. The molecule has 1 aliphatic carbocycles. The summed E-state index contributed by atoms with van der Waals surface area (Å²) in [5.41, 5.74) is 1.97. The van der Waals surface area contributed by atoms with Gasteiger partial charge < -0.3 is 5.11 Å². The predicted molar refractivity (Wildman–Crippen MR) is 68.6 cm³/mol. The lowest BCUT2D eigenvalue weighted by molar-refractivity contribution is -0.131. The Bertz CT molecular complexity index is 476. The molecule has 1 aliphatic rings. The molecular formula is C13H12Cl2O2. The van der Waals surface area contributed by atoms with E-state index in [1.54, 1.807) is 12.1 Å². The van der Waals surface area contributed by atoms with Crippen LogP contribution in [0.3, 0.4) is 0 Å². The second-order valence-electron chi connectivity index (χ2n) is 4.26. The molecule has 1 aromatic carbocycles. The fraction of sp³-hybridized carbons (Fsp3) is 0.308. The van der Waals surface area contributed by atoms with E-state index in [1.807, 2.05) is 6.07 Å². The molecule has 1 N–H and O–H groups in total. The Morgan fingerprint density at radius 3 is 2.59 bits per heavy atom.